The minimum Gasteiger partial charge on any atom is -0.502 e. The number of anilines is 1. The maximum Gasteiger partial charge on any atom is 0.311 e. The minimum atomic E-state index is -0.833. The van der Waals surface area contributed by atoms with E-state index < -0.39 is 34.0 Å². The molecule has 0 fully saturated rings. The SMILES string of the molecule is COc1ccc(NC(C)c2ccc(-c3ccoc3C(=O)NNC(=O)c3ccc(O)c([N+](=O)[O-])c3)cc2)cc1F. The second-order valence-electron chi connectivity index (χ2n) is 8.37. The number of hydrogen-bond acceptors (Lipinski definition) is 8. The van der Waals surface area contributed by atoms with E-state index in [0.29, 0.717) is 16.8 Å². The summed E-state index contributed by atoms with van der Waals surface area (Å²) in [7, 11) is 1.40. The van der Waals surface area contributed by atoms with Gasteiger partial charge in [-0.1, -0.05) is 24.3 Å². The van der Waals surface area contributed by atoms with Gasteiger partial charge in [-0.3, -0.25) is 30.6 Å². The molecule has 1 atom stereocenters. The summed E-state index contributed by atoms with van der Waals surface area (Å²) < 4.78 is 24.3. The number of amides is 2. The maximum absolute atomic E-state index is 14.0. The highest BCUT2D eigenvalue weighted by molar-refractivity contribution is 6.01. The predicted octanol–water partition coefficient (Wildman–Crippen LogP) is 4.96. The fraction of sp³-hybridized carbons (Fsp3) is 0.111. The lowest BCUT2D eigenvalue weighted by molar-refractivity contribution is -0.385. The van der Waals surface area contributed by atoms with Crippen LogP contribution in [0.3, 0.4) is 0 Å². The number of rotatable bonds is 8. The summed E-state index contributed by atoms with van der Waals surface area (Å²) >= 11 is 0. The number of nitrogens with zero attached hydrogens (tertiary/aromatic N) is 1. The molecule has 12 heteroatoms. The first-order valence-corrected chi connectivity index (χ1v) is 11.5. The van der Waals surface area contributed by atoms with Gasteiger partial charge in [0.2, 0.25) is 5.76 Å². The van der Waals surface area contributed by atoms with Crippen LogP contribution < -0.4 is 20.9 Å². The number of methoxy groups -OCH3 is 1. The van der Waals surface area contributed by atoms with Crippen LogP contribution in [-0.4, -0.2) is 29.0 Å². The quantitative estimate of drug-likeness (QED) is 0.183. The van der Waals surface area contributed by atoms with E-state index >= 15 is 0 Å². The van der Waals surface area contributed by atoms with Crippen LogP contribution in [0.4, 0.5) is 15.8 Å². The largest absolute Gasteiger partial charge is 0.502 e. The van der Waals surface area contributed by atoms with Crippen LogP contribution >= 0.6 is 0 Å². The monoisotopic (exact) mass is 534 g/mol. The Labute approximate surface area is 221 Å². The number of phenols is 1. The molecule has 0 aliphatic carbocycles. The molecule has 1 aromatic heterocycles. The van der Waals surface area contributed by atoms with E-state index in [1.807, 2.05) is 19.1 Å². The number of hydrazine groups is 1. The third-order valence-corrected chi connectivity index (χ3v) is 5.85. The van der Waals surface area contributed by atoms with Crippen LogP contribution in [0.2, 0.25) is 0 Å². The second kappa shape index (κ2) is 11.3. The van der Waals surface area contributed by atoms with Gasteiger partial charge in [-0.2, -0.15) is 0 Å². The Bertz CT molecular complexity index is 1540. The molecule has 2 amide bonds. The smallest absolute Gasteiger partial charge is 0.311 e. The van der Waals surface area contributed by atoms with Crippen molar-refractivity contribution in [1.29, 1.82) is 0 Å². The van der Waals surface area contributed by atoms with Crippen molar-refractivity contribution < 1.29 is 33.2 Å². The Morgan fingerprint density at radius 2 is 1.74 bits per heavy atom. The minimum absolute atomic E-state index is 0.0698. The zero-order valence-electron chi connectivity index (χ0n) is 20.7. The highest BCUT2D eigenvalue weighted by atomic mass is 19.1. The van der Waals surface area contributed by atoms with Crippen molar-refractivity contribution >= 4 is 23.2 Å². The Morgan fingerprint density at radius 1 is 1.03 bits per heavy atom. The number of aromatic hydroxyl groups is 1. The molecule has 0 aliphatic rings. The maximum atomic E-state index is 14.0. The summed E-state index contributed by atoms with van der Waals surface area (Å²) in [6.07, 6.45) is 1.33. The zero-order valence-corrected chi connectivity index (χ0v) is 20.7. The summed E-state index contributed by atoms with van der Waals surface area (Å²) in [4.78, 5) is 35.2. The van der Waals surface area contributed by atoms with Gasteiger partial charge in [-0.05, 0) is 48.4 Å². The molecule has 1 heterocycles. The Morgan fingerprint density at radius 3 is 2.41 bits per heavy atom. The molecule has 4 N–H and O–H groups in total. The van der Waals surface area contributed by atoms with Crippen LogP contribution in [-0.2, 0) is 0 Å². The molecule has 0 bridgehead atoms. The van der Waals surface area contributed by atoms with Crippen molar-refractivity contribution in [1.82, 2.24) is 10.9 Å². The van der Waals surface area contributed by atoms with Gasteiger partial charge in [0.15, 0.2) is 17.3 Å². The first kappa shape index (κ1) is 26.7. The van der Waals surface area contributed by atoms with E-state index in [9.17, 15) is 29.2 Å². The van der Waals surface area contributed by atoms with E-state index in [4.69, 9.17) is 9.15 Å². The van der Waals surface area contributed by atoms with Crippen molar-refractivity contribution in [2.24, 2.45) is 0 Å². The van der Waals surface area contributed by atoms with Gasteiger partial charge < -0.3 is 19.6 Å². The van der Waals surface area contributed by atoms with Gasteiger partial charge >= 0.3 is 11.6 Å². The molecule has 3 aromatic carbocycles. The summed E-state index contributed by atoms with van der Waals surface area (Å²) in [6, 6.07) is 16.4. The van der Waals surface area contributed by atoms with E-state index in [1.165, 1.54) is 31.6 Å². The number of phenolic OH excluding ortho intramolecular Hbond substituents is 1. The predicted molar refractivity (Wildman–Crippen MR) is 139 cm³/mol. The lowest BCUT2D eigenvalue weighted by Gasteiger charge is -2.17. The van der Waals surface area contributed by atoms with E-state index in [2.05, 4.69) is 16.2 Å². The van der Waals surface area contributed by atoms with E-state index in [0.717, 1.165) is 17.7 Å². The van der Waals surface area contributed by atoms with Crippen LogP contribution in [0.25, 0.3) is 11.1 Å². The standard InChI is InChI=1S/C27H23FN4O7/c1-15(29-19-8-10-24(38-2)21(28)14-19)16-3-5-17(6-4-16)20-11-12-39-25(20)27(35)31-30-26(34)18-7-9-23(33)22(13-18)32(36)37/h3-15,29,33H,1-2H3,(H,30,34)(H,31,35). The molecule has 0 saturated carbocycles. The number of nitro benzene ring substituents is 1. The summed E-state index contributed by atoms with van der Waals surface area (Å²) in [6.45, 7) is 1.92. The Hall–Kier alpha value is -5.39. The molecule has 0 aliphatic heterocycles. The number of carbonyl (C=O) groups is 2. The third kappa shape index (κ3) is 5.96. The lowest BCUT2D eigenvalue weighted by atomic mass is 10.0. The van der Waals surface area contributed by atoms with Gasteiger partial charge in [-0.15, -0.1) is 0 Å². The molecule has 4 aromatic rings. The van der Waals surface area contributed by atoms with Crippen LogP contribution in [0.15, 0.2) is 77.4 Å². The molecule has 4 rings (SSSR count). The average Bonchev–Trinajstić information content (AvgIpc) is 3.42. The topological polar surface area (TPSA) is 156 Å². The molecular formula is C27H23FN4O7. The number of carbonyl (C=O) groups excluding carboxylic acids is 2. The van der Waals surface area contributed by atoms with Gasteiger partial charge in [-0.25, -0.2) is 4.39 Å². The number of halogens is 1. The number of benzene rings is 3. The van der Waals surface area contributed by atoms with Gasteiger partial charge in [0, 0.05) is 35.0 Å². The molecule has 0 spiro atoms. The fourth-order valence-electron chi connectivity index (χ4n) is 3.81. The number of ether oxygens (including phenoxy) is 1. The lowest BCUT2D eigenvalue weighted by Crippen LogP contribution is -2.41. The normalized spacial score (nSPS) is 11.4. The number of furan rings is 1. The number of nitro groups is 1. The van der Waals surface area contributed by atoms with E-state index in [-0.39, 0.29) is 23.1 Å². The molecule has 200 valence electrons. The Kier molecular flexibility index (Phi) is 7.75. The summed E-state index contributed by atoms with van der Waals surface area (Å²) in [5.74, 6) is -2.57. The molecule has 1 unspecified atom stereocenters. The molecular weight excluding hydrogens is 511 g/mol. The first-order chi connectivity index (χ1) is 18.7. The van der Waals surface area contributed by atoms with Crippen molar-refractivity contribution in [3.05, 3.63) is 106 Å². The second-order valence-corrected chi connectivity index (χ2v) is 8.37. The van der Waals surface area contributed by atoms with Crippen molar-refractivity contribution in [3.63, 3.8) is 0 Å². The summed E-state index contributed by atoms with van der Waals surface area (Å²) in [5, 5.41) is 23.7. The van der Waals surface area contributed by atoms with Crippen molar-refractivity contribution in [2.45, 2.75) is 13.0 Å². The van der Waals surface area contributed by atoms with Gasteiger partial charge in [0.25, 0.3) is 5.91 Å². The number of hydrogen-bond donors (Lipinski definition) is 4. The molecule has 11 nitrogen and oxygen atoms in total. The van der Waals surface area contributed by atoms with Crippen molar-refractivity contribution in [2.75, 3.05) is 12.4 Å². The Balaban J connectivity index is 1.41. The third-order valence-electron chi connectivity index (χ3n) is 5.85. The van der Waals surface area contributed by atoms with Crippen LogP contribution in [0.1, 0.15) is 39.4 Å². The fourth-order valence-corrected chi connectivity index (χ4v) is 3.81. The highest BCUT2D eigenvalue weighted by Crippen LogP contribution is 2.29. The average molecular weight is 535 g/mol. The van der Waals surface area contributed by atoms with Crippen LogP contribution in [0.5, 0.6) is 11.5 Å². The number of nitrogens with one attached hydrogen (secondary N) is 3. The molecule has 39 heavy (non-hydrogen) atoms. The highest BCUT2D eigenvalue weighted by Gasteiger charge is 2.20. The van der Waals surface area contributed by atoms with Crippen LogP contribution in [0, 0.1) is 15.9 Å². The van der Waals surface area contributed by atoms with Gasteiger partial charge in [0.1, 0.15) is 0 Å². The van der Waals surface area contributed by atoms with E-state index in [1.54, 1.807) is 24.3 Å². The molecule has 0 radical (unpaired) electrons. The molecule has 0 saturated heterocycles. The first-order valence-electron chi connectivity index (χ1n) is 11.5. The van der Waals surface area contributed by atoms with Crippen molar-refractivity contribution in [3.8, 4) is 22.6 Å². The van der Waals surface area contributed by atoms with Gasteiger partial charge in [0.05, 0.1) is 18.3 Å². The summed E-state index contributed by atoms with van der Waals surface area (Å²) in [5.41, 5.74) is 6.21. The zero-order chi connectivity index (χ0) is 28.1.